The average Bonchev–Trinajstić information content (AvgIpc) is 2.94. The maximum atomic E-state index is 4.33. The largest absolute Gasteiger partial charge is 0.292 e. The van der Waals surface area contributed by atoms with Gasteiger partial charge in [-0.05, 0) is 28.8 Å². The van der Waals surface area contributed by atoms with E-state index in [0.29, 0.717) is 6.04 Å². The summed E-state index contributed by atoms with van der Waals surface area (Å²) in [7, 11) is 0. The molecule has 3 heterocycles. The third kappa shape index (κ3) is 2.46. The minimum Gasteiger partial charge on any atom is -0.292 e. The zero-order valence-corrected chi connectivity index (χ0v) is 12.8. The van der Waals surface area contributed by atoms with E-state index in [2.05, 4.69) is 36.1 Å². The summed E-state index contributed by atoms with van der Waals surface area (Å²) < 4.78 is 3.08. The Balaban J connectivity index is 1.33. The number of hydrogen-bond acceptors (Lipinski definition) is 5. The van der Waals surface area contributed by atoms with Crippen LogP contribution in [-0.2, 0) is 6.54 Å². The van der Waals surface area contributed by atoms with E-state index in [1.807, 2.05) is 17.1 Å². The molecule has 0 aromatic carbocycles. The summed E-state index contributed by atoms with van der Waals surface area (Å²) in [6.07, 6.45) is 6.48. The van der Waals surface area contributed by atoms with E-state index in [9.17, 15) is 0 Å². The van der Waals surface area contributed by atoms with E-state index < -0.39 is 0 Å². The zero-order valence-electron chi connectivity index (χ0n) is 10.4. The second-order valence-corrected chi connectivity index (χ2v) is 7.30. The Morgan fingerprint density at radius 3 is 2.84 bits per heavy atom. The molecule has 4 rings (SSSR count). The van der Waals surface area contributed by atoms with Crippen LogP contribution in [-0.4, -0.2) is 38.0 Å². The smallest absolute Gasteiger partial charge is 0.131 e. The van der Waals surface area contributed by atoms with Crippen molar-refractivity contribution in [3.8, 4) is 0 Å². The third-order valence-corrected chi connectivity index (χ3v) is 5.13. The highest BCUT2D eigenvalue weighted by Crippen LogP contribution is 2.41. The molecule has 0 unspecified atom stereocenters. The van der Waals surface area contributed by atoms with Gasteiger partial charge in [-0.15, -0.1) is 10.2 Å². The normalized spacial score (nSPS) is 20.7. The van der Waals surface area contributed by atoms with Gasteiger partial charge in [0.15, 0.2) is 0 Å². The minimum absolute atomic E-state index is 0.502. The molecule has 2 aliphatic rings. The molecule has 0 spiro atoms. The van der Waals surface area contributed by atoms with Gasteiger partial charge in [-0.25, -0.2) is 0 Å². The molecule has 0 atom stereocenters. The summed E-state index contributed by atoms with van der Waals surface area (Å²) in [5.41, 5.74) is 0. The molecule has 1 saturated carbocycles. The lowest BCUT2D eigenvalue weighted by molar-refractivity contribution is 0.0906. The molecule has 7 heteroatoms. The van der Waals surface area contributed by atoms with Crippen LogP contribution in [0.15, 0.2) is 16.9 Å². The maximum Gasteiger partial charge on any atom is 0.131 e. The third-order valence-electron chi connectivity index (χ3n) is 3.65. The van der Waals surface area contributed by atoms with E-state index >= 15 is 0 Å². The molecule has 0 N–H and O–H groups in total. The first kappa shape index (κ1) is 12.0. The first-order valence-corrected chi connectivity index (χ1v) is 8.13. The van der Waals surface area contributed by atoms with Gasteiger partial charge in [-0.1, -0.05) is 11.3 Å². The van der Waals surface area contributed by atoms with E-state index in [0.717, 1.165) is 35.0 Å². The van der Waals surface area contributed by atoms with E-state index in [-0.39, 0.29) is 0 Å². The lowest BCUT2D eigenvalue weighted by atomic mass is 10.1. The van der Waals surface area contributed by atoms with E-state index in [1.165, 1.54) is 17.8 Å². The van der Waals surface area contributed by atoms with Gasteiger partial charge < -0.3 is 0 Å². The van der Waals surface area contributed by atoms with Crippen molar-refractivity contribution in [1.29, 1.82) is 0 Å². The fourth-order valence-corrected chi connectivity index (χ4v) is 3.73. The van der Waals surface area contributed by atoms with Crippen LogP contribution in [0.5, 0.6) is 0 Å². The van der Waals surface area contributed by atoms with Gasteiger partial charge in [-0.3, -0.25) is 9.58 Å². The van der Waals surface area contributed by atoms with Crippen LogP contribution in [0.25, 0.3) is 0 Å². The quantitative estimate of drug-likeness (QED) is 0.858. The molecule has 0 bridgehead atoms. The van der Waals surface area contributed by atoms with Crippen molar-refractivity contribution < 1.29 is 0 Å². The van der Waals surface area contributed by atoms with Gasteiger partial charge in [0.25, 0.3) is 0 Å². The van der Waals surface area contributed by atoms with E-state index in [1.54, 1.807) is 11.3 Å². The fourth-order valence-electron chi connectivity index (χ4n) is 2.37. The summed E-state index contributed by atoms with van der Waals surface area (Å²) in [6, 6.07) is 0.502. The number of nitrogens with zero attached hydrogens (tertiary/aromatic N) is 5. The molecule has 5 nitrogen and oxygen atoms in total. The van der Waals surface area contributed by atoms with Crippen LogP contribution in [0.1, 0.15) is 34.8 Å². The molecule has 0 amide bonds. The molecule has 19 heavy (non-hydrogen) atoms. The summed E-state index contributed by atoms with van der Waals surface area (Å²) >= 11 is 5.22. The molecule has 2 fully saturated rings. The highest BCUT2D eigenvalue weighted by atomic mass is 79.9. The standard InChI is InChI=1S/C12H14BrN5S/c13-9-3-14-18(4-9)10-5-17(6-10)7-11-15-16-12(19-11)8-1-2-8/h3-4,8,10H,1-2,5-7H2. The Morgan fingerprint density at radius 1 is 1.32 bits per heavy atom. The van der Waals surface area contributed by atoms with Crippen molar-refractivity contribution in [2.75, 3.05) is 13.1 Å². The van der Waals surface area contributed by atoms with Crippen LogP contribution in [0.4, 0.5) is 0 Å². The van der Waals surface area contributed by atoms with Crippen LogP contribution < -0.4 is 0 Å². The maximum absolute atomic E-state index is 4.33. The molecular formula is C12H14BrN5S. The van der Waals surface area contributed by atoms with Gasteiger partial charge in [0.2, 0.25) is 0 Å². The Bertz CT molecular complexity index is 584. The molecule has 0 radical (unpaired) electrons. The van der Waals surface area contributed by atoms with Crippen LogP contribution in [0.2, 0.25) is 0 Å². The Morgan fingerprint density at radius 2 is 2.16 bits per heavy atom. The molecule has 1 saturated heterocycles. The van der Waals surface area contributed by atoms with Crippen molar-refractivity contribution in [3.63, 3.8) is 0 Å². The zero-order chi connectivity index (χ0) is 12.8. The van der Waals surface area contributed by atoms with Crippen molar-refractivity contribution in [2.24, 2.45) is 0 Å². The number of rotatable bonds is 4. The van der Waals surface area contributed by atoms with Crippen molar-refractivity contribution in [2.45, 2.75) is 31.3 Å². The average molecular weight is 340 g/mol. The molecule has 2 aromatic rings. The second-order valence-electron chi connectivity index (χ2n) is 5.29. The van der Waals surface area contributed by atoms with Gasteiger partial charge in [0.05, 0.1) is 23.3 Å². The van der Waals surface area contributed by atoms with Crippen LogP contribution >= 0.6 is 27.3 Å². The molecule has 1 aliphatic heterocycles. The number of halogens is 1. The van der Waals surface area contributed by atoms with Crippen molar-refractivity contribution >= 4 is 27.3 Å². The fraction of sp³-hybridized carbons (Fsp3) is 0.583. The summed E-state index contributed by atoms with van der Waals surface area (Å²) in [6.45, 7) is 3.03. The predicted molar refractivity (Wildman–Crippen MR) is 76.1 cm³/mol. The van der Waals surface area contributed by atoms with Crippen LogP contribution in [0, 0.1) is 0 Å². The highest BCUT2D eigenvalue weighted by molar-refractivity contribution is 9.10. The second kappa shape index (κ2) is 4.64. The molecule has 2 aromatic heterocycles. The van der Waals surface area contributed by atoms with Crippen molar-refractivity contribution in [3.05, 3.63) is 26.9 Å². The number of likely N-dealkylation sites (tertiary alicyclic amines) is 1. The predicted octanol–water partition coefficient (Wildman–Crippen LogP) is 2.43. The Kier molecular flexibility index (Phi) is 2.93. The number of hydrogen-bond donors (Lipinski definition) is 0. The summed E-state index contributed by atoms with van der Waals surface area (Å²) in [4.78, 5) is 2.40. The molecule has 1 aliphatic carbocycles. The van der Waals surface area contributed by atoms with E-state index in [4.69, 9.17) is 0 Å². The molecule has 100 valence electrons. The van der Waals surface area contributed by atoms with Crippen molar-refractivity contribution in [1.82, 2.24) is 24.9 Å². The first-order chi connectivity index (χ1) is 9.28. The Labute approximate surface area is 123 Å². The summed E-state index contributed by atoms with van der Waals surface area (Å²) in [5.74, 6) is 0.719. The topological polar surface area (TPSA) is 46.8 Å². The first-order valence-electron chi connectivity index (χ1n) is 6.52. The van der Waals surface area contributed by atoms with Gasteiger partial charge in [-0.2, -0.15) is 5.10 Å². The minimum atomic E-state index is 0.502. The monoisotopic (exact) mass is 339 g/mol. The lowest BCUT2D eigenvalue weighted by Crippen LogP contribution is -2.47. The van der Waals surface area contributed by atoms with Gasteiger partial charge in [0, 0.05) is 25.2 Å². The summed E-state index contributed by atoms with van der Waals surface area (Å²) in [5, 5.41) is 15.3. The highest BCUT2D eigenvalue weighted by Gasteiger charge is 2.31. The SMILES string of the molecule is Brc1cnn(C2CN(Cc3nnc(C4CC4)s3)C2)c1. The van der Waals surface area contributed by atoms with Crippen LogP contribution in [0.3, 0.4) is 0 Å². The van der Waals surface area contributed by atoms with Gasteiger partial charge in [0.1, 0.15) is 10.0 Å². The number of aromatic nitrogens is 4. The lowest BCUT2D eigenvalue weighted by Gasteiger charge is -2.38. The Hall–Kier alpha value is -0.790. The van der Waals surface area contributed by atoms with Gasteiger partial charge >= 0.3 is 0 Å². The molecular weight excluding hydrogens is 326 g/mol.